The molecular formula is C30H32F3NO2. The third-order valence-electron chi connectivity index (χ3n) is 7.83. The van der Waals surface area contributed by atoms with Crippen LogP contribution < -0.4 is 0 Å². The van der Waals surface area contributed by atoms with E-state index in [2.05, 4.69) is 103 Å². The minimum absolute atomic E-state index is 0.0935. The number of nitrogens with zero attached hydrogens (tertiary/aromatic N) is 1. The van der Waals surface area contributed by atoms with Crippen LogP contribution in [0.5, 0.6) is 0 Å². The van der Waals surface area contributed by atoms with Gasteiger partial charge in [0.2, 0.25) is 0 Å². The number of aliphatic carboxylic acids is 1. The van der Waals surface area contributed by atoms with Crippen LogP contribution in [0.25, 0.3) is 0 Å². The third kappa shape index (κ3) is 5.49. The molecule has 0 aliphatic carbocycles. The number of carboxylic acids is 1. The third-order valence-corrected chi connectivity index (χ3v) is 7.83. The van der Waals surface area contributed by atoms with Gasteiger partial charge in [-0.1, -0.05) is 91.0 Å². The maximum atomic E-state index is 10.6. The summed E-state index contributed by atoms with van der Waals surface area (Å²) in [5, 5.41) is 7.12. The molecule has 2 aliphatic rings. The average Bonchev–Trinajstić information content (AvgIpc) is 3.09. The van der Waals surface area contributed by atoms with Crippen LogP contribution in [-0.2, 0) is 10.2 Å². The van der Waals surface area contributed by atoms with Gasteiger partial charge < -0.3 is 10.0 Å². The highest BCUT2D eigenvalue weighted by Crippen LogP contribution is 2.48. The first-order chi connectivity index (χ1) is 17.2. The molecule has 0 spiro atoms. The molecule has 2 saturated heterocycles. The summed E-state index contributed by atoms with van der Waals surface area (Å²) in [5.41, 5.74) is 4.17. The largest absolute Gasteiger partial charge is 0.490 e. The van der Waals surface area contributed by atoms with E-state index in [0.717, 1.165) is 18.0 Å². The summed E-state index contributed by atoms with van der Waals surface area (Å²) in [6, 6.07) is 35.2. The van der Waals surface area contributed by atoms with Crippen molar-refractivity contribution < 1.29 is 23.1 Å². The fourth-order valence-electron chi connectivity index (χ4n) is 6.15. The molecule has 0 amide bonds. The van der Waals surface area contributed by atoms with Crippen LogP contribution in [-0.4, -0.2) is 41.3 Å². The predicted molar refractivity (Wildman–Crippen MR) is 135 cm³/mol. The Bertz CT molecular complexity index is 1010. The molecule has 190 valence electrons. The molecule has 3 atom stereocenters. The van der Waals surface area contributed by atoms with Crippen LogP contribution in [0.15, 0.2) is 91.0 Å². The summed E-state index contributed by atoms with van der Waals surface area (Å²) in [6.07, 6.45) is 1.54. The van der Waals surface area contributed by atoms with Gasteiger partial charge in [0.05, 0.1) is 0 Å². The first-order valence-electron chi connectivity index (χ1n) is 12.4. The molecule has 5 rings (SSSR count). The van der Waals surface area contributed by atoms with Crippen molar-refractivity contribution in [3.8, 4) is 0 Å². The normalized spacial score (nSPS) is 21.9. The van der Waals surface area contributed by atoms with E-state index in [-0.39, 0.29) is 5.41 Å². The highest BCUT2D eigenvalue weighted by Gasteiger charge is 2.44. The molecule has 2 aliphatic heterocycles. The number of benzene rings is 3. The van der Waals surface area contributed by atoms with Gasteiger partial charge in [-0.25, -0.2) is 4.79 Å². The number of piperidine rings is 1. The van der Waals surface area contributed by atoms with E-state index < -0.39 is 12.1 Å². The molecule has 2 heterocycles. The van der Waals surface area contributed by atoms with Crippen LogP contribution in [0.3, 0.4) is 0 Å². The number of hydrogen-bond acceptors (Lipinski definition) is 2. The lowest BCUT2D eigenvalue weighted by atomic mass is 9.63. The number of fused-ring (bicyclic) bond motifs is 2. The molecule has 0 aromatic heterocycles. The molecular weight excluding hydrogens is 463 g/mol. The number of rotatable bonds is 5. The van der Waals surface area contributed by atoms with Crippen LogP contribution in [0.4, 0.5) is 13.2 Å². The van der Waals surface area contributed by atoms with Gasteiger partial charge in [-0.15, -0.1) is 0 Å². The van der Waals surface area contributed by atoms with Crippen molar-refractivity contribution in [2.45, 2.75) is 55.8 Å². The monoisotopic (exact) mass is 495 g/mol. The maximum Gasteiger partial charge on any atom is 0.490 e. The molecule has 36 heavy (non-hydrogen) atoms. The van der Waals surface area contributed by atoms with E-state index in [1.165, 1.54) is 48.8 Å². The number of carbonyl (C=O) groups is 1. The van der Waals surface area contributed by atoms with Gasteiger partial charge in [0.1, 0.15) is 0 Å². The highest BCUT2D eigenvalue weighted by molar-refractivity contribution is 5.73. The number of halogens is 3. The molecule has 1 unspecified atom stereocenters. The Morgan fingerprint density at radius 2 is 1.11 bits per heavy atom. The van der Waals surface area contributed by atoms with Gasteiger partial charge in [0.15, 0.2) is 0 Å². The van der Waals surface area contributed by atoms with Crippen LogP contribution in [0, 0.1) is 5.92 Å². The summed E-state index contributed by atoms with van der Waals surface area (Å²) >= 11 is 0. The Morgan fingerprint density at radius 3 is 1.42 bits per heavy atom. The van der Waals surface area contributed by atoms with Gasteiger partial charge in [0, 0.05) is 17.5 Å². The van der Waals surface area contributed by atoms with Gasteiger partial charge in [-0.3, -0.25) is 0 Å². The van der Waals surface area contributed by atoms with E-state index in [1.54, 1.807) is 0 Å². The smallest absolute Gasteiger partial charge is 0.475 e. The molecule has 0 saturated carbocycles. The maximum absolute atomic E-state index is 10.6. The second-order valence-electron chi connectivity index (χ2n) is 9.90. The zero-order valence-corrected chi connectivity index (χ0v) is 20.4. The summed E-state index contributed by atoms with van der Waals surface area (Å²) in [7, 11) is 2.34. The van der Waals surface area contributed by atoms with Gasteiger partial charge >= 0.3 is 12.1 Å². The van der Waals surface area contributed by atoms with Gasteiger partial charge in [-0.05, 0) is 61.8 Å². The first kappa shape index (κ1) is 26.0. The standard InChI is InChI=1S/C28H31N.C2HF3O2/c1-29-26-17-18-27(29)20-22(19-26)21-28(23-11-5-2-6-12-23,24-13-7-3-8-14-24)25-15-9-4-10-16-25;3-2(4,5)1(6)7/h2-16,22,26-27H,17-21H2,1H3;(H,6,7)/t22?,26-,27+;. The lowest BCUT2D eigenvalue weighted by Crippen LogP contribution is -2.42. The van der Waals surface area contributed by atoms with Crippen LogP contribution in [0.2, 0.25) is 0 Å². The molecule has 3 nitrogen and oxygen atoms in total. The van der Waals surface area contributed by atoms with Crippen molar-refractivity contribution in [1.29, 1.82) is 0 Å². The van der Waals surface area contributed by atoms with Crippen molar-refractivity contribution in [3.05, 3.63) is 108 Å². The highest BCUT2D eigenvalue weighted by atomic mass is 19.4. The quantitative estimate of drug-likeness (QED) is 0.391. The molecule has 2 fully saturated rings. The fraction of sp³-hybridized carbons (Fsp3) is 0.367. The summed E-state index contributed by atoms with van der Waals surface area (Å²) in [6.45, 7) is 0. The molecule has 2 bridgehead atoms. The summed E-state index contributed by atoms with van der Waals surface area (Å²) in [4.78, 5) is 11.6. The van der Waals surface area contributed by atoms with E-state index in [1.807, 2.05) is 0 Å². The van der Waals surface area contributed by atoms with Crippen molar-refractivity contribution in [2.75, 3.05) is 7.05 Å². The van der Waals surface area contributed by atoms with E-state index in [4.69, 9.17) is 9.90 Å². The molecule has 3 aromatic carbocycles. The molecule has 1 N–H and O–H groups in total. The van der Waals surface area contributed by atoms with Crippen LogP contribution >= 0.6 is 0 Å². The van der Waals surface area contributed by atoms with Gasteiger partial charge in [-0.2, -0.15) is 13.2 Å². The van der Waals surface area contributed by atoms with E-state index in [0.29, 0.717) is 0 Å². The Balaban J connectivity index is 0.000000384. The minimum atomic E-state index is -5.08. The Labute approximate surface area is 210 Å². The zero-order chi connectivity index (χ0) is 25.8. The molecule has 6 heteroatoms. The SMILES string of the molecule is CN1[C@@H]2CC[C@H]1CC(CC(c1ccccc1)(c1ccccc1)c1ccccc1)C2.O=C(O)C(F)(F)F. The topological polar surface area (TPSA) is 40.5 Å². The minimum Gasteiger partial charge on any atom is -0.475 e. The molecule has 0 radical (unpaired) electrons. The number of carboxylic acid groups (broad SMARTS) is 1. The Morgan fingerprint density at radius 1 is 0.778 bits per heavy atom. The van der Waals surface area contributed by atoms with Crippen molar-refractivity contribution in [2.24, 2.45) is 5.92 Å². The van der Waals surface area contributed by atoms with Crippen LogP contribution in [0.1, 0.15) is 48.8 Å². The Hall–Kier alpha value is -3.12. The number of alkyl halides is 3. The predicted octanol–water partition coefficient (Wildman–Crippen LogP) is 6.92. The first-order valence-corrected chi connectivity index (χ1v) is 12.4. The van der Waals surface area contributed by atoms with Gasteiger partial charge in [0.25, 0.3) is 0 Å². The fourth-order valence-corrected chi connectivity index (χ4v) is 6.15. The summed E-state index contributed by atoms with van der Waals surface area (Å²) in [5.74, 6) is -2.00. The van der Waals surface area contributed by atoms with Crippen molar-refractivity contribution in [1.82, 2.24) is 4.90 Å². The second-order valence-corrected chi connectivity index (χ2v) is 9.90. The Kier molecular flexibility index (Phi) is 7.84. The second kappa shape index (κ2) is 10.9. The van der Waals surface area contributed by atoms with E-state index >= 15 is 0 Å². The lowest BCUT2D eigenvalue weighted by molar-refractivity contribution is -0.192. The average molecular weight is 496 g/mol. The molecule has 3 aromatic rings. The lowest BCUT2D eigenvalue weighted by Gasteiger charge is -2.43. The van der Waals surface area contributed by atoms with Crippen molar-refractivity contribution in [3.63, 3.8) is 0 Å². The van der Waals surface area contributed by atoms with E-state index in [9.17, 15) is 13.2 Å². The number of hydrogen-bond donors (Lipinski definition) is 1. The van der Waals surface area contributed by atoms with Crippen molar-refractivity contribution >= 4 is 5.97 Å². The zero-order valence-electron chi connectivity index (χ0n) is 20.4. The summed E-state index contributed by atoms with van der Waals surface area (Å²) < 4.78 is 31.7.